The van der Waals surface area contributed by atoms with Crippen molar-refractivity contribution in [1.82, 2.24) is 0 Å². The van der Waals surface area contributed by atoms with Crippen molar-refractivity contribution in [1.29, 1.82) is 0 Å². The molecule has 13 heavy (non-hydrogen) atoms. The van der Waals surface area contributed by atoms with Gasteiger partial charge < -0.3 is 5.73 Å². The van der Waals surface area contributed by atoms with Gasteiger partial charge in [-0.15, -0.1) is 0 Å². The molecule has 0 spiro atoms. The van der Waals surface area contributed by atoms with Gasteiger partial charge in [0.15, 0.2) is 0 Å². The minimum atomic E-state index is -0.440. The highest BCUT2D eigenvalue weighted by atomic mass is 16.2. The number of carbonyl (C=O) groups excluding carboxylic acids is 1. The van der Waals surface area contributed by atoms with Crippen LogP contribution in [-0.2, 0) is 0 Å². The number of aryl methyl sites for hydroxylation is 2. The fourth-order valence-electron chi connectivity index (χ4n) is 1.27. The molecule has 2 amide bonds. The summed E-state index contributed by atoms with van der Waals surface area (Å²) < 4.78 is 0. The van der Waals surface area contributed by atoms with Crippen molar-refractivity contribution in [3.63, 3.8) is 0 Å². The van der Waals surface area contributed by atoms with Gasteiger partial charge in [-0.1, -0.05) is 6.07 Å². The Morgan fingerprint density at radius 3 is 2.08 bits per heavy atom. The van der Waals surface area contributed by atoms with Gasteiger partial charge in [-0.3, -0.25) is 4.90 Å². The van der Waals surface area contributed by atoms with Gasteiger partial charge in [-0.05, 0) is 37.1 Å². The van der Waals surface area contributed by atoms with Crippen LogP contribution in [0.3, 0.4) is 0 Å². The van der Waals surface area contributed by atoms with Gasteiger partial charge in [-0.2, -0.15) is 0 Å². The van der Waals surface area contributed by atoms with Crippen LogP contribution in [0.15, 0.2) is 18.2 Å². The molecule has 0 atom stereocenters. The van der Waals surface area contributed by atoms with Crippen LogP contribution in [0.4, 0.5) is 10.5 Å². The van der Waals surface area contributed by atoms with E-state index in [0.717, 1.165) is 16.8 Å². The molecule has 0 heterocycles. The Morgan fingerprint density at radius 1 is 1.23 bits per heavy atom. The fraction of sp³-hybridized carbons (Fsp3) is 0.300. The predicted molar refractivity (Wildman–Crippen MR) is 53.9 cm³/mol. The molecular formula is C10H14N2O. The molecule has 0 aliphatic rings. The minimum absolute atomic E-state index is 0.440. The number of rotatable bonds is 1. The molecule has 3 nitrogen and oxygen atoms in total. The average Bonchev–Trinajstić information content (AvgIpc) is 2.01. The first kappa shape index (κ1) is 9.58. The van der Waals surface area contributed by atoms with Crippen molar-refractivity contribution in [2.75, 3.05) is 11.9 Å². The maximum absolute atomic E-state index is 10.9. The zero-order chi connectivity index (χ0) is 10.0. The molecule has 0 unspecified atom stereocenters. The summed E-state index contributed by atoms with van der Waals surface area (Å²) in [6.07, 6.45) is 0. The van der Waals surface area contributed by atoms with E-state index < -0.39 is 6.03 Å². The van der Waals surface area contributed by atoms with Crippen LogP contribution in [0.25, 0.3) is 0 Å². The monoisotopic (exact) mass is 178 g/mol. The largest absolute Gasteiger partial charge is 0.351 e. The minimum Gasteiger partial charge on any atom is -0.351 e. The first-order valence-corrected chi connectivity index (χ1v) is 4.12. The van der Waals surface area contributed by atoms with E-state index in [1.807, 2.05) is 26.0 Å². The maximum Gasteiger partial charge on any atom is 0.318 e. The van der Waals surface area contributed by atoms with E-state index >= 15 is 0 Å². The number of carbonyl (C=O) groups is 1. The number of nitrogens with zero attached hydrogens (tertiary/aromatic N) is 1. The third-order valence-electron chi connectivity index (χ3n) is 1.92. The zero-order valence-corrected chi connectivity index (χ0v) is 8.16. The van der Waals surface area contributed by atoms with Crippen LogP contribution in [0.1, 0.15) is 11.1 Å². The van der Waals surface area contributed by atoms with Crippen LogP contribution in [0.5, 0.6) is 0 Å². The van der Waals surface area contributed by atoms with Gasteiger partial charge in [-0.25, -0.2) is 4.79 Å². The fourth-order valence-corrected chi connectivity index (χ4v) is 1.27. The molecule has 0 saturated carbocycles. The Bertz CT molecular complexity index is 313. The zero-order valence-electron chi connectivity index (χ0n) is 8.16. The summed E-state index contributed by atoms with van der Waals surface area (Å²) >= 11 is 0. The summed E-state index contributed by atoms with van der Waals surface area (Å²) in [5, 5.41) is 0. The third-order valence-corrected chi connectivity index (χ3v) is 1.92. The van der Waals surface area contributed by atoms with E-state index in [2.05, 4.69) is 6.07 Å². The summed E-state index contributed by atoms with van der Waals surface area (Å²) in [7, 11) is 1.66. The molecule has 1 aromatic carbocycles. The number of hydrogen-bond donors (Lipinski definition) is 1. The highest BCUT2D eigenvalue weighted by Gasteiger charge is 2.06. The second-order valence-electron chi connectivity index (χ2n) is 3.24. The number of primary amides is 1. The second-order valence-corrected chi connectivity index (χ2v) is 3.24. The Labute approximate surface area is 78.2 Å². The summed E-state index contributed by atoms with van der Waals surface area (Å²) in [6.45, 7) is 3.98. The highest BCUT2D eigenvalue weighted by Crippen LogP contribution is 2.16. The second kappa shape index (κ2) is 3.47. The van der Waals surface area contributed by atoms with Crippen molar-refractivity contribution in [3.8, 4) is 0 Å². The number of amides is 2. The lowest BCUT2D eigenvalue weighted by Gasteiger charge is -2.15. The lowest BCUT2D eigenvalue weighted by Crippen LogP contribution is -2.31. The Balaban J connectivity index is 3.07. The number of benzene rings is 1. The van der Waals surface area contributed by atoms with Crippen LogP contribution in [-0.4, -0.2) is 13.1 Å². The van der Waals surface area contributed by atoms with Crippen molar-refractivity contribution in [2.45, 2.75) is 13.8 Å². The molecule has 0 bridgehead atoms. The molecule has 70 valence electrons. The smallest absolute Gasteiger partial charge is 0.318 e. The summed E-state index contributed by atoms with van der Waals surface area (Å²) in [6, 6.07) is 5.47. The van der Waals surface area contributed by atoms with Gasteiger partial charge in [0.2, 0.25) is 0 Å². The molecule has 0 aromatic heterocycles. The maximum atomic E-state index is 10.9. The molecule has 2 N–H and O–H groups in total. The number of anilines is 1. The van der Waals surface area contributed by atoms with Gasteiger partial charge in [0.05, 0.1) is 0 Å². The molecule has 1 rings (SSSR count). The normalized spacial score (nSPS) is 9.77. The molecular weight excluding hydrogens is 164 g/mol. The van der Waals surface area contributed by atoms with E-state index in [0.29, 0.717) is 0 Å². The van der Waals surface area contributed by atoms with Crippen LogP contribution in [0.2, 0.25) is 0 Å². The quantitative estimate of drug-likeness (QED) is 0.700. The Kier molecular flexibility index (Phi) is 2.56. The first-order valence-electron chi connectivity index (χ1n) is 4.12. The summed E-state index contributed by atoms with van der Waals surface area (Å²) in [5.41, 5.74) is 8.25. The summed E-state index contributed by atoms with van der Waals surface area (Å²) in [4.78, 5) is 12.3. The topological polar surface area (TPSA) is 46.3 Å². The van der Waals surface area contributed by atoms with Crippen LogP contribution < -0.4 is 10.6 Å². The van der Waals surface area contributed by atoms with E-state index in [1.54, 1.807) is 7.05 Å². The van der Waals surface area contributed by atoms with E-state index in [4.69, 9.17) is 5.73 Å². The molecule has 0 aliphatic carbocycles. The number of nitrogens with two attached hydrogens (primary N) is 1. The predicted octanol–water partition coefficient (Wildman–Crippen LogP) is 1.82. The van der Waals surface area contributed by atoms with E-state index in [-0.39, 0.29) is 0 Å². The molecule has 1 aromatic rings. The Morgan fingerprint density at radius 2 is 1.69 bits per heavy atom. The SMILES string of the molecule is Cc1cc(C)cc(N(C)C(N)=O)c1. The van der Waals surface area contributed by atoms with Crippen molar-refractivity contribution in [3.05, 3.63) is 29.3 Å². The summed E-state index contributed by atoms with van der Waals surface area (Å²) in [5.74, 6) is 0. The van der Waals surface area contributed by atoms with Gasteiger partial charge in [0.25, 0.3) is 0 Å². The third kappa shape index (κ3) is 2.21. The molecule has 0 radical (unpaired) electrons. The molecule has 0 aliphatic heterocycles. The van der Waals surface area contributed by atoms with E-state index in [9.17, 15) is 4.79 Å². The van der Waals surface area contributed by atoms with E-state index in [1.165, 1.54) is 4.90 Å². The van der Waals surface area contributed by atoms with Gasteiger partial charge in [0, 0.05) is 12.7 Å². The lowest BCUT2D eigenvalue weighted by atomic mass is 10.1. The Hall–Kier alpha value is -1.51. The number of hydrogen-bond acceptors (Lipinski definition) is 1. The standard InChI is InChI=1S/C10H14N2O/c1-7-4-8(2)6-9(5-7)12(3)10(11)13/h4-6H,1-3H3,(H2,11,13). The molecule has 0 fully saturated rings. The van der Waals surface area contributed by atoms with Crippen LogP contribution in [0, 0.1) is 13.8 Å². The number of urea groups is 1. The first-order chi connectivity index (χ1) is 6.00. The van der Waals surface area contributed by atoms with Gasteiger partial charge >= 0.3 is 6.03 Å². The molecule has 0 saturated heterocycles. The van der Waals surface area contributed by atoms with Gasteiger partial charge in [0.1, 0.15) is 0 Å². The van der Waals surface area contributed by atoms with Crippen LogP contribution >= 0.6 is 0 Å². The lowest BCUT2D eigenvalue weighted by molar-refractivity contribution is 0.255. The molecule has 3 heteroatoms. The highest BCUT2D eigenvalue weighted by molar-refractivity contribution is 5.90. The van der Waals surface area contributed by atoms with Crippen molar-refractivity contribution < 1.29 is 4.79 Å². The van der Waals surface area contributed by atoms with Crippen molar-refractivity contribution >= 4 is 11.7 Å². The van der Waals surface area contributed by atoms with Crippen molar-refractivity contribution in [2.24, 2.45) is 5.73 Å². The average molecular weight is 178 g/mol.